The van der Waals surface area contributed by atoms with Gasteiger partial charge < -0.3 is 4.74 Å². The van der Waals surface area contributed by atoms with Gasteiger partial charge in [-0.2, -0.15) is 0 Å². The van der Waals surface area contributed by atoms with Crippen molar-refractivity contribution in [2.24, 2.45) is 5.92 Å². The molecule has 0 saturated carbocycles. The lowest BCUT2D eigenvalue weighted by Crippen LogP contribution is -2.21. The van der Waals surface area contributed by atoms with Crippen LogP contribution in [-0.4, -0.2) is 12.2 Å². The maximum absolute atomic E-state index is 6.48. The van der Waals surface area contributed by atoms with Crippen molar-refractivity contribution in [3.8, 4) is 0 Å². The second-order valence-corrected chi connectivity index (χ2v) is 6.38. The van der Waals surface area contributed by atoms with E-state index >= 15 is 0 Å². The Morgan fingerprint density at radius 1 is 1.19 bits per heavy atom. The van der Waals surface area contributed by atoms with E-state index in [1.165, 1.54) is 49.7 Å². The third kappa shape index (κ3) is 6.22. The Hall–Kier alpha value is -0.820. The van der Waals surface area contributed by atoms with Gasteiger partial charge in [-0.25, -0.2) is 0 Å². The number of allylic oxidation sites excluding steroid dienone is 3. The number of rotatable bonds is 7. The monoisotopic (exact) mass is 290 g/mol. The van der Waals surface area contributed by atoms with E-state index in [1.54, 1.807) is 0 Å². The summed E-state index contributed by atoms with van der Waals surface area (Å²) in [6.07, 6.45) is 15.8. The second-order valence-electron chi connectivity index (χ2n) is 6.38. The first-order chi connectivity index (χ1) is 10.1. The third-order valence-electron chi connectivity index (χ3n) is 4.52. The van der Waals surface area contributed by atoms with Crippen molar-refractivity contribution in [1.82, 2.24) is 0 Å². The number of hydrogen-bond donors (Lipinski definition) is 0. The van der Waals surface area contributed by atoms with Gasteiger partial charge in [-0.15, -0.1) is 0 Å². The van der Waals surface area contributed by atoms with Crippen LogP contribution in [0.4, 0.5) is 0 Å². The van der Waals surface area contributed by atoms with Crippen LogP contribution in [0.2, 0.25) is 0 Å². The molecule has 0 aromatic rings. The highest BCUT2D eigenvalue weighted by Crippen LogP contribution is 2.32. The highest BCUT2D eigenvalue weighted by Gasteiger charge is 2.26. The molecule has 120 valence electrons. The van der Waals surface area contributed by atoms with E-state index in [2.05, 4.69) is 46.4 Å². The van der Waals surface area contributed by atoms with Crippen molar-refractivity contribution in [3.05, 3.63) is 36.0 Å². The molecular formula is C20H34O. The fraction of sp³-hybridized carbons (Fsp3) is 0.700. The topological polar surface area (TPSA) is 9.23 Å². The van der Waals surface area contributed by atoms with Crippen LogP contribution in [0.3, 0.4) is 0 Å². The molecule has 0 spiro atoms. The SMILES string of the molecule is C=C/C(C)=C\C(=C/C)C1CCC(CCC)CC(CCC)O1. The van der Waals surface area contributed by atoms with Crippen molar-refractivity contribution in [2.75, 3.05) is 0 Å². The zero-order chi connectivity index (χ0) is 15.7. The molecule has 1 nitrogen and oxygen atoms in total. The van der Waals surface area contributed by atoms with Gasteiger partial charge in [-0.3, -0.25) is 0 Å². The minimum atomic E-state index is 0.267. The summed E-state index contributed by atoms with van der Waals surface area (Å²) in [6.45, 7) is 12.6. The van der Waals surface area contributed by atoms with Crippen LogP contribution in [0.25, 0.3) is 0 Å². The highest BCUT2D eigenvalue weighted by molar-refractivity contribution is 5.30. The van der Waals surface area contributed by atoms with Gasteiger partial charge >= 0.3 is 0 Å². The summed E-state index contributed by atoms with van der Waals surface area (Å²) in [5.41, 5.74) is 2.54. The summed E-state index contributed by atoms with van der Waals surface area (Å²) >= 11 is 0. The van der Waals surface area contributed by atoms with Crippen molar-refractivity contribution >= 4 is 0 Å². The van der Waals surface area contributed by atoms with E-state index in [1.807, 2.05) is 6.08 Å². The zero-order valence-electron chi connectivity index (χ0n) is 14.5. The summed E-state index contributed by atoms with van der Waals surface area (Å²) in [6, 6.07) is 0. The van der Waals surface area contributed by atoms with E-state index in [4.69, 9.17) is 4.74 Å². The Balaban J connectivity index is 2.83. The van der Waals surface area contributed by atoms with Crippen molar-refractivity contribution in [1.29, 1.82) is 0 Å². The molecule has 0 radical (unpaired) electrons. The van der Waals surface area contributed by atoms with Crippen LogP contribution < -0.4 is 0 Å². The van der Waals surface area contributed by atoms with Gasteiger partial charge in [0.2, 0.25) is 0 Å². The molecule has 0 aromatic heterocycles. The molecule has 0 amide bonds. The number of hydrogen-bond acceptors (Lipinski definition) is 1. The van der Waals surface area contributed by atoms with Gasteiger partial charge in [0, 0.05) is 0 Å². The Bertz CT molecular complexity index is 364. The average Bonchev–Trinajstić information content (AvgIpc) is 2.68. The molecule has 3 atom stereocenters. The molecule has 0 bridgehead atoms. The zero-order valence-corrected chi connectivity index (χ0v) is 14.5. The predicted octanol–water partition coefficient (Wildman–Crippen LogP) is 6.22. The van der Waals surface area contributed by atoms with Crippen LogP contribution in [-0.2, 0) is 4.74 Å². The summed E-state index contributed by atoms with van der Waals surface area (Å²) in [4.78, 5) is 0. The molecule has 21 heavy (non-hydrogen) atoms. The maximum Gasteiger partial charge on any atom is 0.0825 e. The van der Waals surface area contributed by atoms with Crippen molar-refractivity contribution < 1.29 is 4.74 Å². The van der Waals surface area contributed by atoms with E-state index in [9.17, 15) is 0 Å². The largest absolute Gasteiger partial charge is 0.370 e. The fourth-order valence-electron chi connectivity index (χ4n) is 3.34. The van der Waals surface area contributed by atoms with Gasteiger partial charge in [0.15, 0.2) is 0 Å². The lowest BCUT2D eigenvalue weighted by Gasteiger charge is -2.23. The lowest BCUT2D eigenvalue weighted by molar-refractivity contribution is 0.00511. The molecular weight excluding hydrogens is 256 g/mol. The van der Waals surface area contributed by atoms with Gasteiger partial charge in [-0.05, 0) is 51.0 Å². The molecule has 1 heterocycles. The average molecular weight is 290 g/mol. The molecule has 0 N–H and O–H groups in total. The summed E-state index contributed by atoms with van der Waals surface area (Å²) in [5.74, 6) is 0.846. The van der Waals surface area contributed by atoms with E-state index < -0.39 is 0 Å². The molecule has 1 heteroatoms. The first-order valence-corrected chi connectivity index (χ1v) is 8.76. The predicted molar refractivity (Wildman–Crippen MR) is 93.5 cm³/mol. The molecule has 3 unspecified atom stereocenters. The maximum atomic E-state index is 6.48. The van der Waals surface area contributed by atoms with Crippen LogP contribution in [0.1, 0.15) is 72.6 Å². The summed E-state index contributed by atoms with van der Waals surface area (Å²) < 4.78 is 6.48. The van der Waals surface area contributed by atoms with Crippen LogP contribution in [0, 0.1) is 5.92 Å². The first kappa shape index (κ1) is 18.2. The van der Waals surface area contributed by atoms with Gasteiger partial charge in [0.1, 0.15) is 0 Å². The van der Waals surface area contributed by atoms with E-state index in [0.717, 1.165) is 12.3 Å². The smallest absolute Gasteiger partial charge is 0.0825 e. The van der Waals surface area contributed by atoms with Crippen LogP contribution in [0.5, 0.6) is 0 Å². The Labute approximate surface area is 132 Å². The van der Waals surface area contributed by atoms with Crippen LogP contribution in [0.15, 0.2) is 36.0 Å². The van der Waals surface area contributed by atoms with Gasteiger partial charge in [0.25, 0.3) is 0 Å². The van der Waals surface area contributed by atoms with Crippen LogP contribution >= 0.6 is 0 Å². The highest BCUT2D eigenvalue weighted by atomic mass is 16.5. The van der Waals surface area contributed by atoms with Crippen molar-refractivity contribution in [3.63, 3.8) is 0 Å². The van der Waals surface area contributed by atoms with Crippen molar-refractivity contribution in [2.45, 2.75) is 84.8 Å². The van der Waals surface area contributed by atoms with Gasteiger partial charge in [0.05, 0.1) is 12.2 Å². The molecule has 1 fully saturated rings. The third-order valence-corrected chi connectivity index (χ3v) is 4.52. The molecule has 0 aliphatic carbocycles. The molecule has 1 aliphatic heterocycles. The fourth-order valence-corrected chi connectivity index (χ4v) is 3.34. The summed E-state index contributed by atoms with van der Waals surface area (Å²) in [5, 5.41) is 0. The molecule has 1 rings (SSSR count). The van der Waals surface area contributed by atoms with E-state index in [0.29, 0.717) is 6.10 Å². The lowest BCUT2D eigenvalue weighted by atomic mass is 9.90. The Morgan fingerprint density at radius 2 is 1.90 bits per heavy atom. The standard InChI is InChI=1S/C20H34O/c1-6-10-17-12-13-20(21-19(15-17)11-7-2)18(9-4)14-16(5)8-3/h8-9,14,17,19-20H,3,6-7,10-13,15H2,1-2,4-5H3/b16-14-,18-9+. The van der Waals surface area contributed by atoms with E-state index in [-0.39, 0.29) is 6.10 Å². The van der Waals surface area contributed by atoms with Gasteiger partial charge in [-0.1, -0.05) is 63.5 Å². The minimum Gasteiger partial charge on any atom is -0.370 e. The summed E-state index contributed by atoms with van der Waals surface area (Å²) in [7, 11) is 0. The Kier molecular flexibility index (Phi) is 8.68. The Morgan fingerprint density at radius 3 is 2.48 bits per heavy atom. The normalized spacial score (nSPS) is 28.3. The molecule has 1 aliphatic rings. The molecule has 0 aromatic carbocycles. The molecule has 1 saturated heterocycles. The minimum absolute atomic E-state index is 0.267. The quantitative estimate of drug-likeness (QED) is 0.506. The number of ether oxygens (including phenoxy) is 1. The second kappa shape index (κ2) is 10.00. The first-order valence-electron chi connectivity index (χ1n) is 8.76.